The molecule has 0 saturated heterocycles. The first-order valence-corrected chi connectivity index (χ1v) is 8.61. The number of halogens is 3. The standard InChI is InChI=1S/C18H17F3N6O3/c1-27(2)14-6-3-11(7-23-14)10-29-17(28)24-9-13-5-4-12(8-22-13)15-25-16(30-26-15)18(19,20)21/h3-8H,9-10H2,1-2H3,(H,24,28). The van der Waals surface area contributed by atoms with Gasteiger partial charge in [0.05, 0.1) is 12.2 Å². The Kier molecular flexibility index (Phi) is 6.14. The Morgan fingerprint density at radius 2 is 1.97 bits per heavy atom. The Bertz CT molecular complexity index is 988. The lowest BCUT2D eigenvalue weighted by Gasteiger charge is -2.11. The largest absolute Gasteiger partial charge is 0.471 e. The number of rotatable bonds is 6. The molecule has 0 fully saturated rings. The quantitative estimate of drug-likeness (QED) is 0.646. The van der Waals surface area contributed by atoms with Crippen molar-refractivity contribution < 1.29 is 27.2 Å². The van der Waals surface area contributed by atoms with Crippen LogP contribution in [0, 0.1) is 0 Å². The molecule has 0 spiro atoms. The molecule has 0 unspecified atom stereocenters. The van der Waals surface area contributed by atoms with Crippen molar-refractivity contribution in [3.63, 3.8) is 0 Å². The first-order valence-electron chi connectivity index (χ1n) is 8.61. The predicted molar refractivity (Wildman–Crippen MR) is 98.1 cm³/mol. The molecule has 158 valence electrons. The number of carbonyl (C=O) groups excluding carboxylic acids is 1. The number of alkyl carbamates (subject to hydrolysis) is 1. The second-order valence-electron chi connectivity index (χ2n) is 6.31. The zero-order valence-electron chi connectivity index (χ0n) is 16.0. The number of pyridine rings is 2. The van der Waals surface area contributed by atoms with Crippen molar-refractivity contribution in [2.45, 2.75) is 19.3 Å². The molecule has 9 nitrogen and oxygen atoms in total. The molecular weight excluding hydrogens is 405 g/mol. The molecule has 1 N–H and O–H groups in total. The van der Waals surface area contributed by atoms with Gasteiger partial charge in [0.1, 0.15) is 12.4 Å². The molecule has 0 aliphatic rings. The number of hydrogen-bond donors (Lipinski definition) is 1. The Morgan fingerprint density at radius 1 is 1.17 bits per heavy atom. The van der Waals surface area contributed by atoms with E-state index in [1.165, 1.54) is 18.3 Å². The minimum atomic E-state index is -4.71. The molecule has 3 rings (SSSR count). The number of nitrogens with zero attached hydrogens (tertiary/aromatic N) is 5. The lowest BCUT2D eigenvalue weighted by molar-refractivity contribution is -0.159. The smallest absolute Gasteiger partial charge is 0.445 e. The van der Waals surface area contributed by atoms with Crippen molar-refractivity contribution in [1.82, 2.24) is 25.4 Å². The molecule has 0 atom stereocenters. The van der Waals surface area contributed by atoms with Crippen molar-refractivity contribution in [2.75, 3.05) is 19.0 Å². The van der Waals surface area contributed by atoms with Crippen LogP contribution in [0.5, 0.6) is 0 Å². The van der Waals surface area contributed by atoms with Gasteiger partial charge in [0.2, 0.25) is 5.82 Å². The van der Waals surface area contributed by atoms with Gasteiger partial charge >= 0.3 is 18.2 Å². The van der Waals surface area contributed by atoms with Gasteiger partial charge in [-0.25, -0.2) is 9.78 Å². The van der Waals surface area contributed by atoms with E-state index < -0.39 is 18.2 Å². The van der Waals surface area contributed by atoms with E-state index in [9.17, 15) is 18.0 Å². The first-order chi connectivity index (χ1) is 14.2. The number of hydrogen-bond acceptors (Lipinski definition) is 8. The number of aromatic nitrogens is 4. The van der Waals surface area contributed by atoms with Gasteiger partial charge < -0.3 is 19.5 Å². The van der Waals surface area contributed by atoms with Gasteiger partial charge in [-0.2, -0.15) is 18.2 Å². The number of ether oxygens (including phenoxy) is 1. The van der Waals surface area contributed by atoms with Crippen LogP contribution in [0.4, 0.5) is 23.8 Å². The molecule has 3 heterocycles. The number of carbonyl (C=O) groups is 1. The summed E-state index contributed by atoms with van der Waals surface area (Å²) in [6.07, 6.45) is -2.46. The lowest BCUT2D eigenvalue weighted by Crippen LogP contribution is -2.24. The number of nitrogens with one attached hydrogen (secondary N) is 1. The van der Waals surface area contributed by atoms with Gasteiger partial charge in [0.15, 0.2) is 0 Å². The van der Waals surface area contributed by atoms with Gasteiger partial charge in [-0.3, -0.25) is 4.98 Å². The van der Waals surface area contributed by atoms with Gasteiger partial charge in [-0.1, -0.05) is 11.2 Å². The predicted octanol–water partition coefficient (Wildman–Crippen LogP) is 3.04. The van der Waals surface area contributed by atoms with Crippen LogP contribution in [0.3, 0.4) is 0 Å². The average Bonchev–Trinajstić information content (AvgIpc) is 3.22. The second-order valence-corrected chi connectivity index (χ2v) is 6.31. The van der Waals surface area contributed by atoms with Crippen molar-refractivity contribution in [3.05, 3.63) is 53.8 Å². The third kappa shape index (κ3) is 5.43. The fraction of sp³-hybridized carbons (Fsp3) is 0.278. The van der Waals surface area contributed by atoms with Gasteiger partial charge in [-0.15, -0.1) is 0 Å². The van der Waals surface area contributed by atoms with Crippen molar-refractivity contribution in [1.29, 1.82) is 0 Å². The molecule has 0 aromatic carbocycles. The molecular formula is C18H17F3N6O3. The number of amides is 1. The zero-order valence-corrected chi connectivity index (χ0v) is 16.0. The van der Waals surface area contributed by atoms with E-state index in [1.807, 2.05) is 25.1 Å². The topological polar surface area (TPSA) is 106 Å². The van der Waals surface area contributed by atoms with Crippen molar-refractivity contribution in [3.8, 4) is 11.4 Å². The first kappa shape index (κ1) is 21.0. The highest BCUT2D eigenvalue weighted by Gasteiger charge is 2.38. The van der Waals surface area contributed by atoms with Crippen LogP contribution in [0.2, 0.25) is 0 Å². The highest BCUT2D eigenvalue weighted by atomic mass is 19.4. The summed E-state index contributed by atoms with van der Waals surface area (Å²) >= 11 is 0. The molecule has 0 bridgehead atoms. The maximum absolute atomic E-state index is 12.5. The monoisotopic (exact) mass is 422 g/mol. The highest BCUT2D eigenvalue weighted by molar-refractivity contribution is 5.67. The van der Waals surface area contributed by atoms with Crippen LogP contribution < -0.4 is 10.2 Å². The second kappa shape index (κ2) is 8.76. The van der Waals surface area contributed by atoms with E-state index in [2.05, 4.69) is 29.9 Å². The zero-order chi connectivity index (χ0) is 21.7. The summed E-state index contributed by atoms with van der Waals surface area (Å²) < 4.78 is 46.8. The normalized spacial score (nSPS) is 11.2. The van der Waals surface area contributed by atoms with E-state index in [0.29, 0.717) is 5.69 Å². The SMILES string of the molecule is CN(C)c1ccc(COC(=O)NCc2ccc(-c3noc(C(F)(F)F)n3)cn2)cn1. The summed E-state index contributed by atoms with van der Waals surface area (Å²) in [4.78, 5) is 25.2. The summed E-state index contributed by atoms with van der Waals surface area (Å²) in [7, 11) is 3.74. The number of anilines is 1. The molecule has 0 saturated carbocycles. The van der Waals surface area contributed by atoms with E-state index in [0.717, 1.165) is 11.4 Å². The Hall–Kier alpha value is -3.70. The summed E-state index contributed by atoms with van der Waals surface area (Å²) in [5.74, 6) is -0.881. The summed E-state index contributed by atoms with van der Waals surface area (Å²) in [5, 5.41) is 5.81. The molecule has 30 heavy (non-hydrogen) atoms. The molecule has 12 heteroatoms. The fourth-order valence-electron chi connectivity index (χ4n) is 2.25. The van der Waals surface area contributed by atoms with Gasteiger partial charge in [-0.05, 0) is 18.2 Å². The van der Waals surface area contributed by atoms with Crippen LogP contribution in [-0.2, 0) is 24.1 Å². The van der Waals surface area contributed by atoms with E-state index in [-0.39, 0.29) is 24.5 Å². The van der Waals surface area contributed by atoms with Crippen molar-refractivity contribution >= 4 is 11.9 Å². The fourth-order valence-corrected chi connectivity index (χ4v) is 2.25. The Balaban J connectivity index is 1.48. The molecule has 0 aliphatic heterocycles. The van der Waals surface area contributed by atoms with Gasteiger partial charge in [0.25, 0.3) is 0 Å². The number of alkyl halides is 3. The molecule has 0 aliphatic carbocycles. The summed E-state index contributed by atoms with van der Waals surface area (Å²) in [5.41, 5.74) is 1.44. The Morgan fingerprint density at radius 3 is 2.53 bits per heavy atom. The third-order valence-electron chi connectivity index (χ3n) is 3.80. The molecule has 3 aromatic rings. The summed E-state index contributed by atoms with van der Waals surface area (Å²) in [6, 6.07) is 6.60. The van der Waals surface area contributed by atoms with E-state index in [4.69, 9.17) is 4.74 Å². The lowest BCUT2D eigenvalue weighted by atomic mass is 10.2. The average molecular weight is 422 g/mol. The Labute approximate surface area is 168 Å². The molecule has 0 radical (unpaired) electrons. The van der Waals surface area contributed by atoms with Gasteiger partial charge in [0, 0.05) is 37.6 Å². The van der Waals surface area contributed by atoms with E-state index >= 15 is 0 Å². The highest BCUT2D eigenvalue weighted by Crippen LogP contribution is 2.29. The van der Waals surface area contributed by atoms with Crippen LogP contribution in [0.25, 0.3) is 11.4 Å². The van der Waals surface area contributed by atoms with E-state index in [1.54, 1.807) is 12.3 Å². The third-order valence-corrected chi connectivity index (χ3v) is 3.80. The minimum Gasteiger partial charge on any atom is -0.445 e. The maximum atomic E-state index is 12.5. The summed E-state index contributed by atoms with van der Waals surface area (Å²) in [6.45, 7) is 0.120. The van der Waals surface area contributed by atoms with Crippen LogP contribution in [0.15, 0.2) is 41.2 Å². The van der Waals surface area contributed by atoms with Crippen LogP contribution in [0.1, 0.15) is 17.1 Å². The minimum absolute atomic E-state index is 0.0538. The van der Waals surface area contributed by atoms with Crippen LogP contribution in [-0.4, -0.2) is 40.3 Å². The maximum Gasteiger partial charge on any atom is 0.471 e. The molecule has 1 amide bonds. The van der Waals surface area contributed by atoms with Crippen LogP contribution >= 0.6 is 0 Å². The van der Waals surface area contributed by atoms with Crippen molar-refractivity contribution in [2.24, 2.45) is 0 Å². The molecule has 3 aromatic heterocycles.